The second kappa shape index (κ2) is 5.42. The first-order chi connectivity index (χ1) is 8.31. The van der Waals surface area contributed by atoms with Crippen molar-refractivity contribution in [3.63, 3.8) is 0 Å². The number of hydrogen-bond donors (Lipinski definition) is 1. The summed E-state index contributed by atoms with van der Waals surface area (Å²) in [6.45, 7) is 1.05. The molecule has 1 N–H and O–H groups in total. The average Bonchev–Trinajstić information content (AvgIpc) is 2.77. The van der Waals surface area contributed by atoms with Crippen molar-refractivity contribution in [2.75, 3.05) is 6.61 Å². The Morgan fingerprint density at radius 3 is 2.67 bits per heavy atom. The Bertz CT molecular complexity index is 470. The van der Waals surface area contributed by atoms with E-state index in [1.165, 1.54) is 18.9 Å². The molecule has 0 saturated carbocycles. The molecule has 1 atom stereocenters. The number of hydrogen-bond acceptors (Lipinski definition) is 4. The fourth-order valence-electron chi connectivity index (χ4n) is 0.975. The Hall–Kier alpha value is -1.52. The molecule has 0 aliphatic rings. The number of esters is 1. The van der Waals surface area contributed by atoms with Crippen molar-refractivity contribution in [2.45, 2.75) is 18.7 Å². The zero-order valence-corrected chi connectivity index (χ0v) is 10.1. The van der Waals surface area contributed by atoms with Crippen LogP contribution < -0.4 is 0 Å². The number of rotatable bonds is 2. The Morgan fingerprint density at radius 1 is 1.56 bits per heavy atom. The lowest BCUT2D eigenvalue weighted by atomic mass is 10.1. The van der Waals surface area contributed by atoms with Crippen LogP contribution in [-0.4, -0.2) is 29.5 Å². The van der Waals surface area contributed by atoms with Crippen LogP contribution in [0.15, 0.2) is 17.5 Å². The predicted molar refractivity (Wildman–Crippen MR) is 58.8 cm³/mol. The van der Waals surface area contributed by atoms with Crippen LogP contribution >= 0.6 is 11.3 Å². The van der Waals surface area contributed by atoms with Gasteiger partial charge in [-0.15, -0.1) is 11.3 Å². The lowest BCUT2D eigenvalue weighted by molar-refractivity contribution is -0.242. The van der Waals surface area contributed by atoms with E-state index in [9.17, 15) is 23.1 Å². The number of carbonyl (C=O) groups is 1. The van der Waals surface area contributed by atoms with E-state index in [2.05, 4.69) is 10.7 Å². The minimum absolute atomic E-state index is 0.280. The first-order valence-electron chi connectivity index (χ1n) is 4.84. The van der Waals surface area contributed by atoms with Gasteiger partial charge in [0.05, 0.1) is 11.5 Å². The van der Waals surface area contributed by atoms with Crippen LogP contribution in [0.5, 0.6) is 0 Å². The van der Waals surface area contributed by atoms with Crippen molar-refractivity contribution in [2.24, 2.45) is 0 Å². The van der Waals surface area contributed by atoms with Crippen molar-refractivity contribution >= 4 is 17.3 Å². The molecule has 1 heterocycles. The first-order valence-corrected chi connectivity index (χ1v) is 5.72. The molecule has 98 valence electrons. The highest BCUT2D eigenvalue weighted by atomic mass is 32.1. The van der Waals surface area contributed by atoms with Gasteiger partial charge in [0.2, 0.25) is 0 Å². The van der Waals surface area contributed by atoms with Crippen LogP contribution in [0.1, 0.15) is 11.8 Å². The Balaban J connectivity index is 3.10. The molecule has 0 spiro atoms. The zero-order valence-electron chi connectivity index (χ0n) is 9.25. The minimum Gasteiger partial charge on any atom is -0.463 e. The predicted octanol–water partition coefficient (Wildman–Crippen LogP) is 1.96. The van der Waals surface area contributed by atoms with Gasteiger partial charge in [-0.05, 0) is 24.3 Å². The van der Waals surface area contributed by atoms with Gasteiger partial charge < -0.3 is 9.84 Å². The van der Waals surface area contributed by atoms with Gasteiger partial charge in [0.15, 0.2) is 0 Å². The van der Waals surface area contributed by atoms with Gasteiger partial charge >= 0.3 is 17.7 Å². The summed E-state index contributed by atoms with van der Waals surface area (Å²) in [7, 11) is 0. The molecule has 0 radical (unpaired) electrons. The lowest BCUT2D eigenvalue weighted by Crippen LogP contribution is -2.52. The van der Waals surface area contributed by atoms with Gasteiger partial charge in [-0.1, -0.05) is 12.0 Å². The maximum Gasteiger partial charge on any atom is 0.440 e. The second-order valence-electron chi connectivity index (χ2n) is 3.16. The maximum absolute atomic E-state index is 12.7. The summed E-state index contributed by atoms with van der Waals surface area (Å²) in [6.07, 6.45) is -5.22. The SMILES string of the molecule is CCOC(=O)[C@@](O)(C#Cc1cccs1)C(F)(F)F. The van der Waals surface area contributed by atoms with E-state index in [4.69, 9.17) is 0 Å². The molecular formula is C11H9F3O3S. The highest BCUT2D eigenvalue weighted by molar-refractivity contribution is 7.10. The van der Waals surface area contributed by atoms with Crippen LogP contribution in [0.25, 0.3) is 0 Å². The van der Waals surface area contributed by atoms with Crippen LogP contribution in [0.4, 0.5) is 13.2 Å². The molecule has 0 saturated heterocycles. The normalized spacial score (nSPS) is 14.3. The number of aliphatic hydroxyl groups is 1. The van der Waals surface area contributed by atoms with E-state index in [-0.39, 0.29) is 6.61 Å². The number of carbonyl (C=O) groups excluding carboxylic acids is 1. The molecule has 18 heavy (non-hydrogen) atoms. The Labute approximate surface area is 105 Å². The molecule has 0 unspecified atom stereocenters. The van der Waals surface area contributed by atoms with E-state index >= 15 is 0 Å². The summed E-state index contributed by atoms with van der Waals surface area (Å²) in [4.78, 5) is 11.5. The number of halogens is 3. The monoisotopic (exact) mass is 278 g/mol. The molecule has 1 rings (SSSR count). The molecular weight excluding hydrogens is 269 g/mol. The third-order valence-electron chi connectivity index (χ3n) is 1.87. The molecule has 7 heteroatoms. The van der Waals surface area contributed by atoms with E-state index in [0.717, 1.165) is 11.3 Å². The van der Waals surface area contributed by atoms with Crippen LogP contribution in [0.3, 0.4) is 0 Å². The van der Waals surface area contributed by atoms with E-state index in [0.29, 0.717) is 4.88 Å². The molecule has 0 aliphatic carbocycles. The first kappa shape index (κ1) is 14.5. The molecule has 1 aromatic rings. The smallest absolute Gasteiger partial charge is 0.440 e. The molecule has 0 aromatic carbocycles. The third-order valence-corrected chi connectivity index (χ3v) is 2.65. The van der Waals surface area contributed by atoms with Crippen LogP contribution in [0.2, 0.25) is 0 Å². The molecule has 3 nitrogen and oxygen atoms in total. The van der Waals surface area contributed by atoms with Crippen molar-refractivity contribution in [3.8, 4) is 11.8 Å². The standard InChI is InChI=1S/C11H9F3O3S/c1-2-17-9(15)10(16,11(12,13)14)6-5-8-4-3-7-18-8/h3-4,7,16H,2H2,1H3/t10-/m0/s1. The van der Waals surface area contributed by atoms with Gasteiger partial charge in [0, 0.05) is 0 Å². The van der Waals surface area contributed by atoms with Gasteiger partial charge in [-0.3, -0.25) is 0 Å². The maximum atomic E-state index is 12.7. The fraction of sp³-hybridized carbons (Fsp3) is 0.364. The Morgan fingerprint density at radius 2 is 2.22 bits per heavy atom. The highest BCUT2D eigenvalue weighted by Gasteiger charge is 2.60. The van der Waals surface area contributed by atoms with E-state index in [1.54, 1.807) is 11.4 Å². The van der Waals surface area contributed by atoms with Gasteiger partial charge in [0.25, 0.3) is 0 Å². The largest absolute Gasteiger partial charge is 0.463 e. The van der Waals surface area contributed by atoms with Crippen molar-refractivity contribution in [1.82, 2.24) is 0 Å². The summed E-state index contributed by atoms with van der Waals surface area (Å²) in [5.41, 5.74) is -3.80. The quantitative estimate of drug-likeness (QED) is 0.664. The number of ether oxygens (including phenoxy) is 1. The molecule has 0 bridgehead atoms. The van der Waals surface area contributed by atoms with Crippen LogP contribution in [0, 0.1) is 11.8 Å². The third kappa shape index (κ3) is 3.03. The Kier molecular flexibility index (Phi) is 4.38. The van der Waals surface area contributed by atoms with Gasteiger partial charge in [-0.25, -0.2) is 4.79 Å². The molecule has 0 aliphatic heterocycles. The summed E-state index contributed by atoms with van der Waals surface area (Å²) in [6, 6.07) is 3.06. The highest BCUT2D eigenvalue weighted by Crippen LogP contribution is 2.31. The topological polar surface area (TPSA) is 46.5 Å². The molecule has 0 fully saturated rings. The summed E-state index contributed by atoms with van der Waals surface area (Å²) in [5, 5.41) is 11.0. The summed E-state index contributed by atoms with van der Waals surface area (Å²) < 4.78 is 42.2. The van der Waals surface area contributed by atoms with Crippen molar-refractivity contribution in [3.05, 3.63) is 22.4 Å². The van der Waals surface area contributed by atoms with Crippen LogP contribution in [-0.2, 0) is 9.53 Å². The molecule has 0 amide bonds. The summed E-state index contributed by atoms with van der Waals surface area (Å²) in [5.74, 6) is 1.83. The van der Waals surface area contributed by atoms with E-state index in [1.807, 2.05) is 0 Å². The number of thiophene rings is 1. The lowest BCUT2D eigenvalue weighted by Gasteiger charge is -2.22. The van der Waals surface area contributed by atoms with Crippen molar-refractivity contribution < 1.29 is 27.8 Å². The number of alkyl halides is 3. The van der Waals surface area contributed by atoms with E-state index < -0.39 is 17.7 Å². The fourth-order valence-corrected chi connectivity index (χ4v) is 1.55. The van der Waals surface area contributed by atoms with Gasteiger partial charge in [-0.2, -0.15) is 13.2 Å². The minimum atomic E-state index is -5.22. The van der Waals surface area contributed by atoms with Crippen molar-refractivity contribution in [1.29, 1.82) is 0 Å². The summed E-state index contributed by atoms with van der Waals surface area (Å²) >= 11 is 1.10. The second-order valence-corrected chi connectivity index (χ2v) is 4.10. The average molecular weight is 278 g/mol. The van der Waals surface area contributed by atoms with Gasteiger partial charge in [0.1, 0.15) is 0 Å². The molecule has 1 aromatic heterocycles. The zero-order chi connectivity index (χ0) is 13.8.